The van der Waals surface area contributed by atoms with Crippen LogP contribution in [0.5, 0.6) is 5.75 Å². The first-order valence-corrected chi connectivity index (χ1v) is 12.8. The SMILES string of the molecule is COc1cc(C)c([C@@H](C)NC(=O)CN(C)S(=O)(=O)c2ccc(SC)cc2)cc1C(C)C. The molecule has 1 atom stereocenters. The van der Waals surface area contributed by atoms with Crippen LogP contribution in [0.3, 0.4) is 0 Å². The molecule has 2 rings (SSSR count). The van der Waals surface area contributed by atoms with Crippen LogP contribution in [-0.2, 0) is 14.8 Å². The standard InChI is InChI=1S/C23H32N2O4S2/c1-15(2)20-13-21(16(3)12-22(20)29-6)17(4)24-23(26)14-25(5)31(27,28)19-10-8-18(30-7)9-11-19/h8-13,15,17H,14H2,1-7H3,(H,24,26)/t17-/m1/s1. The zero-order valence-electron chi connectivity index (χ0n) is 19.2. The van der Waals surface area contributed by atoms with Gasteiger partial charge in [0.1, 0.15) is 5.75 Å². The number of sulfonamides is 1. The zero-order chi connectivity index (χ0) is 23.3. The number of rotatable bonds is 9. The lowest BCUT2D eigenvalue weighted by Crippen LogP contribution is -2.39. The first kappa shape index (κ1) is 25.2. The van der Waals surface area contributed by atoms with Gasteiger partial charge in [-0.3, -0.25) is 4.79 Å². The minimum atomic E-state index is -3.75. The Morgan fingerprint density at radius 1 is 1.13 bits per heavy atom. The summed E-state index contributed by atoms with van der Waals surface area (Å²) in [5.41, 5.74) is 3.05. The van der Waals surface area contributed by atoms with Gasteiger partial charge in [-0.1, -0.05) is 13.8 Å². The molecule has 0 saturated heterocycles. The van der Waals surface area contributed by atoms with Crippen molar-refractivity contribution in [1.29, 1.82) is 0 Å². The molecule has 0 aliphatic rings. The van der Waals surface area contributed by atoms with Crippen molar-refractivity contribution in [1.82, 2.24) is 9.62 Å². The molecular weight excluding hydrogens is 432 g/mol. The maximum atomic E-state index is 12.8. The Morgan fingerprint density at radius 3 is 2.26 bits per heavy atom. The molecule has 0 fully saturated rings. The van der Waals surface area contributed by atoms with Gasteiger partial charge in [0, 0.05) is 11.9 Å². The van der Waals surface area contributed by atoms with Gasteiger partial charge in [0.2, 0.25) is 15.9 Å². The van der Waals surface area contributed by atoms with Gasteiger partial charge in [-0.05, 0) is 79.1 Å². The molecule has 8 heteroatoms. The summed E-state index contributed by atoms with van der Waals surface area (Å²) in [6, 6.07) is 10.4. The van der Waals surface area contributed by atoms with Crippen LogP contribution in [0.1, 0.15) is 49.4 Å². The third-order valence-corrected chi connectivity index (χ3v) is 7.78. The van der Waals surface area contributed by atoms with Gasteiger partial charge >= 0.3 is 0 Å². The number of methoxy groups -OCH3 is 1. The van der Waals surface area contributed by atoms with Crippen LogP contribution in [0.2, 0.25) is 0 Å². The molecular formula is C23H32N2O4S2. The van der Waals surface area contributed by atoms with E-state index in [1.165, 1.54) is 18.8 Å². The molecule has 170 valence electrons. The predicted octanol–water partition coefficient (Wildman–Crippen LogP) is 4.35. The number of nitrogens with zero attached hydrogens (tertiary/aromatic N) is 1. The van der Waals surface area contributed by atoms with E-state index in [1.54, 1.807) is 31.4 Å². The fourth-order valence-electron chi connectivity index (χ4n) is 3.39. The van der Waals surface area contributed by atoms with Crippen molar-refractivity contribution < 1.29 is 17.9 Å². The number of benzene rings is 2. The molecule has 2 aromatic carbocycles. The van der Waals surface area contributed by atoms with Crippen molar-refractivity contribution in [2.75, 3.05) is 27.0 Å². The van der Waals surface area contributed by atoms with Gasteiger partial charge in [-0.2, -0.15) is 4.31 Å². The molecule has 0 saturated carbocycles. The summed E-state index contributed by atoms with van der Waals surface area (Å²) in [7, 11) is -0.684. The maximum Gasteiger partial charge on any atom is 0.243 e. The highest BCUT2D eigenvalue weighted by molar-refractivity contribution is 7.98. The van der Waals surface area contributed by atoms with Crippen molar-refractivity contribution >= 4 is 27.7 Å². The predicted molar refractivity (Wildman–Crippen MR) is 126 cm³/mol. The van der Waals surface area contributed by atoms with Crippen LogP contribution < -0.4 is 10.1 Å². The second kappa shape index (κ2) is 10.5. The van der Waals surface area contributed by atoms with Gasteiger partial charge in [0.25, 0.3) is 0 Å². The van der Waals surface area contributed by atoms with E-state index in [2.05, 4.69) is 25.2 Å². The summed E-state index contributed by atoms with van der Waals surface area (Å²) in [6.45, 7) is 7.78. The topological polar surface area (TPSA) is 75.7 Å². The number of aryl methyl sites for hydroxylation is 1. The van der Waals surface area contributed by atoms with Crippen molar-refractivity contribution in [2.45, 2.75) is 49.4 Å². The van der Waals surface area contributed by atoms with Gasteiger partial charge in [-0.15, -0.1) is 11.8 Å². The van der Waals surface area contributed by atoms with Crippen LogP contribution in [0.15, 0.2) is 46.2 Å². The molecule has 2 aromatic rings. The number of nitrogens with one attached hydrogen (secondary N) is 1. The Kier molecular flexibility index (Phi) is 8.57. The van der Waals surface area contributed by atoms with Crippen LogP contribution in [-0.4, -0.2) is 45.6 Å². The first-order valence-electron chi connectivity index (χ1n) is 10.1. The second-order valence-electron chi connectivity index (χ2n) is 7.83. The Bertz CT molecular complexity index is 1020. The van der Waals surface area contributed by atoms with Crippen LogP contribution >= 0.6 is 11.8 Å². The average molecular weight is 465 g/mol. The summed E-state index contributed by atoms with van der Waals surface area (Å²) in [4.78, 5) is 13.8. The van der Waals surface area contributed by atoms with E-state index in [4.69, 9.17) is 4.74 Å². The van der Waals surface area contributed by atoms with E-state index < -0.39 is 10.0 Å². The summed E-state index contributed by atoms with van der Waals surface area (Å²) in [6.07, 6.45) is 1.93. The number of hydrogen-bond donors (Lipinski definition) is 1. The van der Waals surface area contributed by atoms with Gasteiger partial charge in [-0.25, -0.2) is 8.42 Å². The van der Waals surface area contributed by atoms with Crippen LogP contribution in [0.25, 0.3) is 0 Å². The number of carbonyl (C=O) groups excluding carboxylic acids is 1. The number of thioether (sulfide) groups is 1. The Balaban J connectivity index is 2.13. The molecule has 0 bridgehead atoms. The highest BCUT2D eigenvalue weighted by Gasteiger charge is 2.24. The number of ether oxygens (including phenoxy) is 1. The Morgan fingerprint density at radius 2 is 1.74 bits per heavy atom. The molecule has 31 heavy (non-hydrogen) atoms. The minimum Gasteiger partial charge on any atom is -0.496 e. The lowest BCUT2D eigenvalue weighted by atomic mass is 9.93. The molecule has 1 amide bonds. The van der Waals surface area contributed by atoms with E-state index in [9.17, 15) is 13.2 Å². The zero-order valence-corrected chi connectivity index (χ0v) is 20.9. The van der Waals surface area contributed by atoms with E-state index >= 15 is 0 Å². The molecule has 6 nitrogen and oxygen atoms in total. The third-order valence-electron chi connectivity index (χ3n) is 5.22. The number of hydrogen-bond acceptors (Lipinski definition) is 5. The van der Waals surface area contributed by atoms with Gasteiger partial charge < -0.3 is 10.1 Å². The fraction of sp³-hybridized carbons (Fsp3) is 0.435. The summed E-state index contributed by atoms with van der Waals surface area (Å²) in [5.74, 6) is 0.736. The molecule has 0 aliphatic heterocycles. The Labute approximate surface area is 190 Å². The lowest BCUT2D eigenvalue weighted by molar-refractivity contribution is -0.121. The third kappa shape index (κ3) is 6.02. The molecule has 0 spiro atoms. The lowest BCUT2D eigenvalue weighted by Gasteiger charge is -2.22. The summed E-state index contributed by atoms with van der Waals surface area (Å²) in [5, 5.41) is 2.92. The minimum absolute atomic E-state index is 0.168. The van der Waals surface area contributed by atoms with E-state index in [0.717, 1.165) is 31.6 Å². The summed E-state index contributed by atoms with van der Waals surface area (Å²) >= 11 is 1.54. The smallest absolute Gasteiger partial charge is 0.243 e. The largest absolute Gasteiger partial charge is 0.496 e. The second-order valence-corrected chi connectivity index (χ2v) is 10.8. The molecule has 0 heterocycles. The van der Waals surface area contributed by atoms with E-state index in [1.807, 2.05) is 26.2 Å². The number of carbonyl (C=O) groups is 1. The van der Waals surface area contributed by atoms with Crippen LogP contribution in [0.4, 0.5) is 0 Å². The van der Waals surface area contributed by atoms with Crippen molar-refractivity contribution in [2.24, 2.45) is 0 Å². The molecule has 1 N–H and O–H groups in total. The van der Waals surface area contributed by atoms with E-state index in [-0.39, 0.29) is 29.3 Å². The molecule has 0 aliphatic carbocycles. The monoisotopic (exact) mass is 464 g/mol. The molecule has 0 radical (unpaired) electrons. The van der Waals surface area contributed by atoms with Crippen molar-refractivity contribution in [3.8, 4) is 5.75 Å². The van der Waals surface area contributed by atoms with Crippen LogP contribution in [0, 0.1) is 6.92 Å². The number of likely N-dealkylation sites (N-methyl/N-ethyl adjacent to an activating group) is 1. The van der Waals surface area contributed by atoms with Gasteiger partial charge in [0.15, 0.2) is 0 Å². The fourth-order valence-corrected chi connectivity index (χ4v) is 4.93. The van der Waals surface area contributed by atoms with E-state index in [0.29, 0.717) is 0 Å². The highest BCUT2D eigenvalue weighted by atomic mass is 32.2. The average Bonchev–Trinajstić information content (AvgIpc) is 2.72. The van der Waals surface area contributed by atoms with Gasteiger partial charge in [0.05, 0.1) is 24.6 Å². The van der Waals surface area contributed by atoms with Crippen molar-refractivity contribution in [3.05, 3.63) is 53.1 Å². The number of amides is 1. The quantitative estimate of drug-likeness (QED) is 0.559. The normalized spacial score (nSPS) is 12.8. The molecule has 0 unspecified atom stereocenters. The highest BCUT2D eigenvalue weighted by Crippen LogP contribution is 2.32. The first-order chi connectivity index (χ1) is 14.5. The Hall–Kier alpha value is -2.03. The van der Waals surface area contributed by atoms with Crippen molar-refractivity contribution in [3.63, 3.8) is 0 Å². The maximum absolute atomic E-state index is 12.8. The summed E-state index contributed by atoms with van der Waals surface area (Å²) < 4.78 is 32.1. The molecule has 0 aromatic heterocycles.